The van der Waals surface area contributed by atoms with Gasteiger partial charge >= 0.3 is 0 Å². The molecule has 1 heterocycles. The first-order valence-corrected chi connectivity index (χ1v) is 7.38. The van der Waals surface area contributed by atoms with E-state index in [2.05, 4.69) is 29.2 Å². The van der Waals surface area contributed by atoms with Crippen molar-refractivity contribution >= 4 is 11.0 Å². The number of rotatable bonds is 1. The lowest BCUT2D eigenvalue weighted by atomic mass is 9.96. The van der Waals surface area contributed by atoms with Crippen molar-refractivity contribution < 1.29 is 0 Å². The summed E-state index contributed by atoms with van der Waals surface area (Å²) >= 11 is 0. The monoisotopic (exact) mass is 242 g/mol. The van der Waals surface area contributed by atoms with Gasteiger partial charge in [0.1, 0.15) is 5.82 Å². The van der Waals surface area contributed by atoms with Crippen molar-refractivity contribution in [3.8, 4) is 0 Å². The van der Waals surface area contributed by atoms with Crippen LogP contribution in [0.25, 0.3) is 11.0 Å². The summed E-state index contributed by atoms with van der Waals surface area (Å²) < 4.78 is 0. The highest BCUT2D eigenvalue weighted by atomic mass is 14.9. The van der Waals surface area contributed by atoms with Crippen LogP contribution in [0, 0.1) is 0 Å². The summed E-state index contributed by atoms with van der Waals surface area (Å²) in [4.78, 5) is 8.31. The van der Waals surface area contributed by atoms with E-state index >= 15 is 0 Å². The summed E-state index contributed by atoms with van der Waals surface area (Å²) in [6, 6.07) is 8.37. The topological polar surface area (TPSA) is 28.7 Å². The number of benzene rings is 1. The van der Waals surface area contributed by atoms with Crippen LogP contribution in [0.3, 0.4) is 0 Å². The van der Waals surface area contributed by atoms with Gasteiger partial charge in [0.05, 0.1) is 11.0 Å². The Morgan fingerprint density at radius 3 is 2.28 bits per heavy atom. The fourth-order valence-electron chi connectivity index (χ4n) is 3.07. The molecule has 0 spiro atoms. The van der Waals surface area contributed by atoms with Gasteiger partial charge in [-0.1, -0.05) is 50.7 Å². The second-order valence-electron chi connectivity index (χ2n) is 5.53. The van der Waals surface area contributed by atoms with Gasteiger partial charge < -0.3 is 4.98 Å². The molecule has 0 radical (unpaired) electrons. The maximum Gasteiger partial charge on any atom is 0.110 e. The molecule has 18 heavy (non-hydrogen) atoms. The summed E-state index contributed by atoms with van der Waals surface area (Å²) in [5, 5.41) is 0. The van der Waals surface area contributed by atoms with E-state index in [9.17, 15) is 0 Å². The Kier molecular flexibility index (Phi) is 3.63. The smallest absolute Gasteiger partial charge is 0.110 e. The molecule has 0 unspecified atom stereocenters. The molecular weight excluding hydrogens is 220 g/mol. The number of H-pyrrole nitrogens is 1. The molecule has 3 rings (SSSR count). The van der Waals surface area contributed by atoms with Crippen molar-refractivity contribution in [2.75, 3.05) is 0 Å². The standard InChI is InChI=1S/C16H22N2/c1-2-4-6-10-13(9-5-3-1)16-17-14-11-7-8-12-15(14)18-16/h7-8,11-13H,1-6,9-10H2,(H,17,18). The Morgan fingerprint density at radius 1 is 0.889 bits per heavy atom. The summed E-state index contributed by atoms with van der Waals surface area (Å²) in [6.45, 7) is 0. The van der Waals surface area contributed by atoms with E-state index in [4.69, 9.17) is 4.98 Å². The molecule has 0 saturated heterocycles. The van der Waals surface area contributed by atoms with E-state index in [0.717, 1.165) is 5.52 Å². The highest BCUT2D eigenvalue weighted by Gasteiger charge is 2.16. The summed E-state index contributed by atoms with van der Waals surface area (Å²) in [6.07, 6.45) is 11.0. The minimum Gasteiger partial charge on any atom is -0.342 e. The zero-order chi connectivity index (χ0) is 12.2. The third-order valence-corrected chi connectivity index (χ3v) is 4.15. The van der Waals surface area contributed by atoms with E-state index in [1.807, 2.05) is 0 Å². The first-order valence-electron chi connectivity index (χ1n) is 7.38. The molecule has 2 aromatic rings. The van der Waals surface area contributed by atoms with Gasteiger partial charge in [0, 0.05) is 5.92 Å². The van der Waals surface area contributed by atoms with Gasteiger partial charge in [-0.05, 0) is 25.0 Å². The molecule has 1 aliphatic carbocycles. The maximum absolute atomic E-state index is 4.78. The average molecular weight is 242 g/mol. The van der Waals surface area contributed by atoms with E-state index in [-0.39, 0.29) is 0 Å². The molecule has 1 aromatic heterocycles. The Hall–Kier alpha value is -1.31. The lowest BCUT2D eigenvalue weighted by Crippen LogP contribution is -2.01. The number of nitrogens with one attached hydrogen (secondary N) is 1. The van der Waals surface area contributed by atoms with Gasteiger partial charge in [-0.25, -0.2) is 4.98 Å². The molecule has 0 aliphatic heterocycles. The zero-order valence-corrected chi connectivity index (χ0v) is 11.0. The lowest BCUT2D eigenvalue weighted by Gasteiger charge is -2.12. The van der Waals surface area contributed by atoms with E-state index in [0.29, 0.717) is 5.92 Å². The zero-order valence-electron chi connectivity index (χ0n) is 11.0. The number of hydrogen-bond donors (Lipinski definition) is 1. The van der Waals surface area contributed by atoms with Gasteiger partial charge in [-0.15, -0.1) is 0 Å². The number of para-hydroxylation sites is 2. The first-order chi connectivity index (χ1) is 8.93. The highest BCUT2D eigenvalue weighted by Crippen LogP contribution is 2.29. The van der Waals surface area contributed by atoms with E-state index < -0.39 is 0 Å². The van der Waals surface area contributed by atoms with Crippen molar-refractivity contribution in [1.82, 2.24) is 9.97 Å². The minimum absolute atomic E-state index is 0.649. The maximum atomic E-state index is 4.78. The van der Waals surface area contributed by atoms with Crippen molar-refractivity contribution in [3.63, 3.8) is 0 Å². The lowest BCUT2D eigenvalue weighted by molar-refractivity contribution is 0.520. The first kappa shape index (κ1) is 11.8. The van der Waals surface area contributed by atoms with Crippen LogP contribution in [-0.2, 0) is 0 Å². The van der Waals surface area contributed by atoms with Crippen LogP contribution in [0.5, 0.6) is 0 Å². The fraction of sp³-hybridized carbons (Fsp3) is 0.562. The molecular formula is C16H22N2. The fourth-order valence-corrected chi connectivity index (χ4v) is 3.07. The second kappa shape index (κ2) is 5.55. The van der Waals surface area contributed by atoms with Gasteiger partial charge in [0.15, 0.2) is 0 Å². The number of aromatic nitrogens is 2. The van der Waals surface area contributed by atoms with Crippen molar-refractivity contribution in [1.29, 1.82) is 0 Å². The number of aromatic amines is 1. The van der Waals surface area contributed by atoms with Crippen molar-refractivity contribution in [2.24, 2.45) is 0 Å². The molecule has 1 aromatic carbocycles. The molecule has 1 aliphatic rings. The van der Waals surface area contributed by atoms with Crippen LogP contribution in [0.4, 0.5) is 0 Å². The normalized spacial score (nSPS) is 19.3. The molecule has 1 N–H and O–H groups in total. The van der Waals surface area contributed by atoms with Crippen LogP contribution >= 0.6 is 0 Å². The van der Waals surface area contributed by atoms with Gasteiger partial charge in [0.2, 0.25) is 0 Å². The summed E-state index contributed by atoms with van der Waals surface area (Å²) in [5.41, 5.74) is 2.31. The quantitative estimate of drug-likeness (QED) is 0.766. The Morgan fingerprint density at radius 2 is 1.56 bits per heavy atom. The van der Waals surface area contributed by atoms with Crippen LogP contribution in [0.2, 0.25) is 0 Å². The Balaban J connectivity index is 1.82. The second-order valence-corrected chi connectivity index (χ2v) is 5.53. The highest BCUT2D eigenvalue weighted by molar-refractivity contribution is 5.74. The largest absolute Gasteiger partial charge is 0.342 e. The number of hydrogen-bond acceptors (Lipinski definition) is 1. The van der Waals surface area contributed by atoms with Crippen LogP contribution < -0.4 is 0 Å². The molecule has 2 nitrogen and oxygen atoms in total. The minimum atomic E-state index is 0.649. The predicted molar refractivity (Wildman–Crippen MR) is 75.8 cm³/mol. The average Bonchev–Trinajstić information content (AvgIpc) is 2.87. The number of nitrogens with zero attached hydrogens (tertiary/aromatic N) is 1. The molecule has 0 amide bonds. The predicted octanol–water partition coefficient (Wildman–Crippen LogP) is 4.78. The van der Waals surface area contributed by atoms with E-state index in [1.165, 1.54) is 62.7 Å². The third-order valence-electron chi connectivity index (χ3n) is 4.15. The van der Waals surface area contributed by atoms with Crippen LogP contribution in [0.1, 0.15) is 63.1 Å². The van der Waals surface area contributed by atoms with Gasteiger partial charge in [-0.2, -0.15) is 0 Å². The molecule has 1 fully saturated rings. The van der Waals surface area contributed by atoms with Crippen LogP contribution in [0.15, 0.2) is 24.3 Å². The number of imidazole rings is 1. The van der Waals surface area contributed by atoms with Gasteiger partial charge in [0.25, 0.3) is 0 Å². The van der Waals surface area contributed by atoms with Crippen LogP contribution in [-0.4, -0.2) is 9.97 Å². The molecule has 2 heteroatoms. The molecule has 96 valence electrons. The third kappa shape index (κ3) is 2.58. The SMILES string of the molecule is c1ccc2[nH]c(C3CCCCCCCC3)nc2c1. The number of fused-ring (bicyclic) bond motifs is 1. The van der Waals surface area contributed by atoms with E-state index in [1.54, 1.807) is 0 Å². The molecule has 0 bridgehead atoms. The summed E-state index contributed by atoms with van der Waals surface area (Å²) in [7, 11) is 0. The van der Waals surface area contributed by atoms with Gasteiger partial charge in [-0.3, -0.25) is 0 Å². The van der Waals surface area contributed by atoms with Crippen molar-refractivity contribution in [3.05, 3.63) is 30.1 Å². The van der Waals surface area contributed by atoms with Crippen molar-refractivity contribution in [2.45, 2.75) is 57.3 Å². The Bertz CT molecular complexity index is 458. The molecule has 1 saturated carbocycles. The summed E-state index contributed by atoms with van der Waals surface area (Å²) in [5.74, 6) is 1.87. The Labute approximate surface area is 109 Å². The molecule has 0 atom stereocenters.